The van der Waals surface area contributed by atoms with Gasteiger partial charge in [0.1, 0.15) is 17.2 Å². The fourth-order valence-electron chi connectivity index (χ4n) is 2.53. The molecule has 1 aromatic rings. The maximum atomic E-state index is 13.7. The smallest absolute Gasteiger partial charge is 0.325 e. The highest BCUT2D eigenvalue weighted by molar-refractivity contribution is 7.99. The van der Waals surface area contributed by atoms with Crippen molar-refractivity contribution < 1.29 is 18.7 Å². The van der Waals surface area contributed by atoms with Gasteiger partial charge in [0.05, 0.1) is 0 Å². The highest BCUT2D eigenvalue weighted by atomic mass is 32.2. The van der Waals surface area contributed by atoms with E-state index in [4.69, 9.17) is 0 Å². The number of carboxylic acid groups (broad SMARTS) is 1. The molecule has 0 bridgehead atoms. The van der Waals surface area contributed by atoms with Crippen molar-refractivity contribution in [2.24, 2.45) is 5.92 Å². The second kappa shape index (κ2) is 5.57. The maximum Gasteiger partial charge on any atom is 0.325 e. The fourth-order valence-corrected chi connectivity index (χ4v) is 3.71. The van der Waals surface area contributed by atoms with Gasteiger partial charge < -0.3 is 5.11 Å². The number of hydrogen-bond donors (Lipinski definition) is 2. The molecule has 3 rings (SSSR count). The van der Waals surface area contributed by atoms with E-state index in [0.29, 0.717) is 4.90 Å². The van der Waals surface area contributed by atoms with Crippen molar-refractivity contribution in [3.8, 4) is 0 Å². The van der Waals surface area contributed by atoms with E-state index in [1.54, 1.807) is 0 Å². The van der Waals surface area contributed by atoms with E-state index in [1.165, 1.54) is 12.1 Å². The molecule has 0 aliphatic heterocycles. The molecule has 0 radical (unpaired) electrons. The minimum absolute atomic E-state index is 0.103. The largest absolute Gasteiger partial charge is 0.480 e. The summed E-state index contributed by atoms with van der Waals surface area (Å²) in [5.41, 5.74) is -0.993. The quantitative estimate of drug-likeness (QED) is 0.760. The van der Waals surface area contributed by atoms with E-state index in [2.05, 4.69) is 5.32 Å². The molecule has 2 aliphatic rings. The monoisotopic (exact) mass is 313 g/mol. The highest BCUT2D eigenvalue weighted by Gasteiger charge is 2.53. The topological polar surface area (TPSA) is 49.3 Å². The summed E-state index contributed by atoms with van der Waals surface area (Å²) in [6.07, 6.45) is 3.77. The van der Waals surface area contributed by atoms with Gasteiger partial charge in [-0.15, -0.1) is 11.8 Å². The molecule has 0 saturated heterocycles. The molecule has 114 valence electrons. The van der Waals surface area contributed by atoms with Gasteiger partial charge in [0, 0.05) is 22.8 Å². The van der Waals surface area contributed by atoms with Crippen molar-refractivity contribution in [2.45, 2.75) is 42.2 Å². The molecule has 3 nitrogen and oxygen atoms in total. The number of hydrogen-bond acceptors (Lipinski definition) is 3. The summed E-state index contributed by atoms with van der Waals surface area (Å²) in [6.45, 7) is 0. The molecule has 0 spiro atoms. The van der Waals surface area contributed by atoms with Crippen molar-refractivity contribution in [1.82, 2.24) is 5.32 Å². The molecule has 1 atom stereocenters. The fraction of sp³-hybridized carbons (Fsp3) is 0.533. The van der Waals surface area contributed by atoms with Crippen LogP contribution in [0.3, 0.4) is 0 Å². The van der Waals surface area contributed by atoms with Gasteiger partial charge in [-0.1, -0.05) is 0 Å². The first-order valence-electron chi connectivity index (χ1n) is 7.10. The normalized spacial score (nSPS) is 21.0. The van der Waals surface area contributed by atoms with Crippen molar-refractivity contribution >= 4 is 17.7 Å². The molecule has 1 aromatic carbocycles. The van der Waals surface area contributed by atoms with Gasteiger partial charge >= 0.3 is 5.97 Å². The average Bonchev–Trinajstić information content (AvgIpc) is 3.28. The minimum Gasteiger partial charge on any atom is -0.480 e. The molecule has 6 heteroatoms. The molecule has 21 heavy (non-hydrogen) atoms. The van der Waals surface area contributed by atoms with E-state index >= 15 is 0 Å². The van der Waals surface area contributed by atoms with Gasteiger partial charge in [-0.2, -0.15) is 0 Å². The van der Waals surface area contributed by atoms with Gasteiger partial charge in [-0.3, -0.25) is 10.1 Å². The number of rotatable bonds is 7. The van der Waals surface area contributed by atoms with Crippen LogP contribution < -0.4 is 5.32 Å². The Hall–Kier alpha value is -1.14. The lowest BCUT2D eigenvalue weighted by Crippen LogP contribution is -2.57. The first-order chi connectivity index (χ1) is 10.0. The second-order valence-electron chi connectivity index (χ2n) is 5.83. The van der Waals surface area contributed by atoms with Crippen LogP contribution in [0.5, 0.6) is 0 Å². The van der Waals surface area contributed by atoms with Crippen molar-refractivity contribution in [2.75, 3.05) is 5.75 Å². The molecule has 1 unspecified atom stereocenters. The van der Waals surface area contributed by atoms with Crippen molar-refractivity contribution in [3.05, 3.63) is 29.8 Å². The Morgan fingerprint density at radius 2 is 2.05 bits per heavy atom. The summed E-state index contributed by atoms with van der Waals surface area (Å²) >= 11 is 1.14. The van der Waals surface area contributed by atoms with Crippen LogP contribution in [0.25, 0.3) is 0 Å². The molecular formula is C15H17F2NO2S. The van der Waals surface area contributed by atoms with Crippen LogP contribution in [-0.4, -0.2) is 28.4 Å². The summed E-state index contributed by atoms with van der Waals surface area (Å²) in [5, 5.41) is 12.9. The first kappa shape index (κ1) is 14.8. The van der Waals surface area contributed by atoms with Gasteiger partial charge in [-0.05, 0) is 43.7 Å². The first-order valence-corrected chi connectivity index (χ1v) is 8.09. The number of thioether (sulfide) groups is 1. The van der Waals surface area contributed by atoms with Crippen LogP contribution in [0.4, 0.5) is 8.78 Å². The SMILES string of the molecule is O=C(O)C(CSc1ccc(F)cc1F)(NC1CC1)C1CC1. The lowest BCUT2D eigenvalue weighted by Gasteiger charge is -2.30. The Bertz CT molecular complexity index is 561. The van der Waals surface area contributed by atoms with E-state index < -0.39 is 23.1 Å². The molecular weight excluding hydrogens is 296 g/mol. The predicted molar refractivity (Wildman–Crippen MR) is 76.3 cm³/mol. The zero-order chi connectivity index (χ0) is 15.0. The predicted octanol–water partition coefficient (Wildman–Crippen LogP) is 3.04. The summed E-state index contributed by atoms with van der Waals surface area (Å²) in [6, 6.07) is 3.65. The van der Waals surface area contributed by atoms with Crippen molar-refractivity contribution in [1.29, 1.82) is 0 Å². The zero-order valence-electron chi connectivity index (χ0n) is 11.4. The van der Waals surface area contributed by atoms with Crippen LogP contribution in [-0.2, 0) is 4.79 Å². The highest BCUT2D eigenvalue weighted by Crippen LogP contribution is 2.44. The third kappa shape index (κ3) is 3.21. The Labute approximate surface area is 126 Å². The van der Waals surface area contributed by atoms with Gasteiger partial charge in [-0.25, -0.2) is 8.78 Å². The minimum atomic E-state index is -0.993. The Morgan fingerprint density at radius 1 is 1.33 bits per heavy atom. The molecule has 2 saturated carbocycles. The van der Waals surface area contributed by atoms with Crippen LogP contribution in [0.2, 0.25) is 0 Å². The number of benzene rings is 1. The zero-order valence-corrected chi connectivity index (χ0v) is 12.3. The molecule has 0 amide bonds. The van der Waals surface area contributed by atoms with Gasteiger partial charge in [0.15, 0.2) is 0 Å². The Morgan fingerprint density at radius 3 is 2.57 bits per heavy atom. The summed E-state index contributed by atoms with van der Waals surface area (Å²) in [4.78, 5) is 12.1. The van der Waals surface area contributed by atoms with Crippen molar-refractivity contribution in [3.63, 3.8) is 0 Å². The van der Waals surface area contributed by atoms with E-state index in [1.807, 2.05) is 0 Å². The third-order valence-electron chi connectivity index (χ3n) is 4.04. The maximum absolute atomic E-state index is 13.7. The van der Waals surface area contributed by atoms with E-state index in [-0.39, 0.29) is 17.7 Å². The molecule has 0 aromatic heterocycles. The number of nitrogens with one attached hydrogen (secondary N) is 1. The van der Waals surface area contributed by atoms with E-state index in [0.717, 1.165) is 43.5 Å². The summed E-state index contributed by atoms with van der Waals surface area (Å²) in [5.74, 6) is -1.77. The second-order valence-corrected chi connectivity index (χ2v) is 6.85. The lowest BCUT2D eigenvalue weighted by molar-refractivity contribution is -0.145. The van der Waals surface area contributed by atoms with Crippen LogP contribution >= 0.6 is 11.8 Å². The average molecular weight is 313 g/mol. The summed E-state index contributed by atoms with van der Waals surface area (Å²) < 4.78 is 26.6. The number of carbonyl (C=O) groups is 1. The van der Waals surface area contributed by atoms with Crippen LogP contribution in [0.1, 0.15) is 25.7 Å². The third-order valence-corrected chi connectivity index (χ3v) is 5.29. The Kier molecular flexibility index (Phi) is 3.92. The van der Waals surface area contributed by atoms with Crippen LogP contribution in [0, 0.1) is 17.6 Å². The van der Waals surface area contributed by atoms with E-state index in [9.17, 15) is 18.7 Å². The molecule has 2 aliphatic carbocycles. The van der Waals surface area contributed by atoms with Crippen LogP contribution in [0.15, 0.2) is 23.1 Å². The number of halogens is 2. The molecule has 2 N–H and O–H groups in total. The summed E-state index contributed by atoms with van der Waals surface area (Å²) in [7, 11) is 0. The number of aliphatic carboxylic acids is 1. The lowest BCUT2D eigenvalue weighted by atomic mass is 9.95. The Balaban J connectivity index is 1.76. The van der Waals surface area contributed by atoms with Gasteiger partial charge in [0.25, 0.3) is 0 Å². The number of carboxylic acids is 1. The van der Waals surface area contributed by atoms with Gasteiger partial charge in [0.2, 0.25) is 0 Å². The molecule has 0 heterocycles. The molecule has 2 fully saturated rings. The standard InChI is InChI=1S/C15H17F2NO2S/c16-10-3-6-13(12(17)7-10)21-8-15(14(19)20,9-1-2-9)18-11-4-5-11/h3,6-7,9,11,18H,1-2,4-5,8H2,(H,19,20).